The number of halogens is 3. The summed E-state index contributed by atoms with van der Waals surface area (Å²) >= 11 is 0. The number of alkyl halides is 3. The van der Waals surface area contributed by atoms with Crippen LogP contribution in [-0.2, 0) is 20.4 Å². The van der Waals surface area contributed by atoms with Crippen LogP contribution in [0.15, 0.2) is 24.3 Å². The highest BCUT2D eigenvalue weighted by Gasteiger charge is 2.49. The number of fused-ring (bicyclic) bond motifs is 1. The van der Waals surface area contributed by atoms with Crippen LogP contribution in [0.1, 0.15) is 63.2 Å². The van der Waals surface area contributed by atoms with Gasteiger partial charge in [0.05, 0.1) is 24.4 Å². The predicted molar refractivity (Wildman–Crippen MR) is 103 cm³/mol. The van der Waals surface area contributed by atoms with Crippen molar-refractivity contribution < 1.29 is 27.4 Å². The van der Waals surface area contributed by atoms with Crippen LogP contribution in [-0.4, -0.2) is 31.3 Å². The number of carbonyl (C=O) groups is 1. The number of rotatable bonds is 5. The lowest BCUT2D eigenvalue weighted by atomic mass is 9.66. The lowest BCUT2D eigenvalue weighted by Gasteiger charge is -2.52. The molecule has 1 aliphatic carbocycles. The fourth-order valence-electron chi connectivity index (χ4n) is 4.81. The molecule has 0 radical (unpaired) electrons. The Morgan fingerprint density at radius 2 is 1.97 bits per heavy atom. The van der Waals surface area contributed by atoms with Gasteiger partial charge in [-0.05, 0) is 43.4 Å². The van der Waals surface area contributed by atoms with E-state index in [1.165, 1.54) is 12.1 Å². The maximum atomic E-state index is 12.9. The van der Waals surface area contributed by atoms with E-state index >= 15 is 0 Å². The molecular formula is C22H30F3NO3. The average molecular weight is 413 g/mol. The number of ether oxygens (including phenoxy) is 2. The molecule has 0 spiro atoms. The van der Waals surface area contributed by atoms with Crippen molar-refractivity contribution in [2.24, 2.45) is 11.8 Å². The van der Waals surface area contributed by atoms with Crippen LogP contribution >= 0.6 is 0 Å². The number of amides is 1. The minimum Gasteiger partial charge on any atom is -0.384 e. The molecule has 1 saturated carbocycles. The van der Waals surface area contributed by atoms with E-state index in [4.69, 9.17) is 9.47 Å². The number of nitrogens with one attached hydrogen (secondary N) is 1. The van der Waals surface area contributed by atoms with Crippen LogP contribution in [0, 0.1) is 11.8 Å². The molecule has 1 amide bonds. The van der Waals surface area contributed by atoms with E-state index < -0.39 is 17.3 Å². The summed E-state index contributed by atoms with van der Waals surface area (Å²) in [5, 5.41) is 3.20. The third-order valence-electron chi connectivity index (χ3n) is 6.39. The second-order valence-corrected chi connectivity index (χ2v) is 8.72. The topological polar surface area (TPSA) is 47.6 Å². The van der Waals surface area contributed by atoms with E-state index in [0.717, 1.165) is 31.4 Å². The summed E-state index contributed by atoms with van der Waals surface area (Å²) in [6, 6.07) is 5.19. The molecule has 0 unspecified atom stereocenters. The van der Waals surface area contributed by atoms with Gasteiger partial charge in [0.1, 0.15) is 0 Å². The van der Waals surface area contributed by atoms with Gasteiger partial charge in [-0.3, -0.25) is 4.79 Å². The maximum absolute atomic E-state index is 12.9. The predicted octanol–water partition coefficient (Wildman–Crippen LogP) is 4.88. The first-order chi connectivity index (χ1) is 13.6. The molecule has 162 valence electrons. The smallest absolute Gasteiger partial charge is 0.384 e. The summed E-state index contributed by atoms with van der Waals surface area (Å²) in [5.74, 6) is 0.645. The second kappa shape index (κ2) is 8.64. The third-order valence-corrected chi connectivity index (χ3v) is 6.39. The van der Waals surface area contributed by atoms with Crippen LogP contribution in [0.3, 0.4) is 0 Å². The van der Waals surface area contributed by atoms with Gasteiger partial charge in [-0.1, -0.05) is 25.5 Å². The average Bonchev–Trinajstić information content (AvgIpc) is 2.65. The van der Waals surface area contributed by atoms with Gasteiger partial charge in [-0.2, -0.15) is 13.2 Å². The number of methoxy groups -OCH3 is 1. The molecule has 1 aromatic carbocycles. The van der Waals surface area contributed by atoms with Gasteiger partial charge < -0.3 is 14.8 Å². The van der Waals surface area contributed by atoms with Crippen LogP contribution < -0.4 is 5.32 Å². The summed E-state index contributed by atoms with van der Waals surface area (Å²) in [6.45, 7) is 4.59. The van der Waals surface area contributed by atoms with E-state index in [1.54, 1.807) is 7.11 Å². The Hall–Kier alpha value is -1.60. The van der Waals surface area contributed by atoms with Crippen molar-refractivity contribution >= 4 is 5.91 Å². The summed E-state index contributed by atoms with van der Waals surface area (Å²) in [6.07, 6.45) is -0.973. The number of hydrogen-bond acceptors (Lipinski definition) is 3. The van der Waals surface area contributed by atoms with Crippen molar-refractivity contribution in [1.29, 1.82) is 0 Å². The van der Waals surface area contributed by atoms with Gasteiger partial charge in [-0.25, -0.2) is 0 Å². The Labute approximate surface area is 170 Å². The monoisotopic (exact) mass is 413 g/mol. The summed E-state index contributed by atoms with van der Waals surface area (Å²) < 4.78 is 50.1. The first-order valence-electron chi connectivity index (χ1n) is 10.2. The fraction of sp³-hybridized carbons (Fsp3) is 0.682. The molecule has 2 fully saturated rings. The molecule has 3 rings (SSSR count). The molecule has 1 heterocycles. The molecule has 2 aliphatic rings. The lowest BCUT2D eigenvalue weighted by molar-refractivity contribution is -0.154. The maximum Gasteiger partial charge on any atom is 0.416 e. The molecule has 4 nitrogen and oxygen atoms in total. The number of carbonyl (C=O) groups excluding carboxylic acids is 1. The fourth-order valence-corrected chi connectivity index (χ4v) is 4.81. The van der Waals surface area contributed by atoms with Crippen molar-refractivity contribution in [3.63, 3.8) is 0 Å². The highest BCUT2D eigenvalue weighted by Crippen LogP contribution is 2.48. The lowest BCUT2D eigenvalue weighted by Crippen LogP contribution is -2.60. The summed E-state index contributed by atoms with van der Waals surface area (Å²) in [5.41, 5.74) is -0.426. The van der Waals surface area contributed by atoms with Gasteiger partial charge >= 0.3 is 6.18 Å². The molecule has 0 bridgehead atoms. The molecule has 0 aromatic heterocycles. The summed E-state index contributed by atoms with van der Waals surface area (Å²) in [7, 11) is 1.56. The molecule has 1 aliphatic heterocycles. The van der Waals surface area contributed by atoms with Crippen LogP contribution in [0.2, 0.25) is 0 Å². The highest BCUT2D eigenvalue weighted by molar-refractivity contribution is 5.77. The molecule has 1 aromatic rings. The number of benzene rings is 1. The third kappa shape index (κ3) is 5.12. The Balaban J connectivity index is 1.83. The van der Waals surface area contributed by atoms with Crippen LogP contribution in [0.25, 0.3) is 0 Å². The minimum atomic E-state index is -4.36. The zero-order valence-corrected chi connectivity index (χ0v) is 17.2. The van der Waals surface area contributed by atoms with E-state index in [9.17, 15) is 18.0 Å². The first-order valence-corrected chi connectivity index (χ1v) is 10.2. The van der Waals surface area contributed by atoms with Crippen molar-refractivity contribution in [3.05, 3.63) is 35.4 Å². The van der Waals surface area contributed by atoms with E-state index in [-0.39, 0.29) is 30.5 Å². The highest BCUT2D eigenvalue weighted by atomic mass is 19.4. The largest absolute Gasteiger partial charge is 0.416 e. The Morgan fingerprint density at radius 1 is 1.28 bits per heavy atom. The van der Waals surface area contributed by atoms with Gasteiger partial charge in [0.25, 0.3) is 0 Å². The van der Waals surface area contributed by atoms with E-state index in [1.807, 2.05) is 6.92 Å². The first kappa shape index (κ1) is 22.1. The Kier molecular flexibility index (Phi) is 6.58. The van der Waals surface area contributed by atoms with Gasteiger partial charge in [0.2, 0.25) is 5.91 Å². The molecular weight excluding hydrogens is 383 g/mol. The molecule has 1 N–H and O–H groups in total. The van der Waals surface area contributed by atoms with E-state index in [0.29, 0.717) is 24.5 Å². The van der Waals surface area contributed by atoms with Crippen molar-refractivity contribution in [1.82, 2.24) is 5.32 Å². The quantitative estimate of drug-likeness (QED) is 0.748. The van der Waals surface area contributed by atoms with Gasteiger partial charge in [0, 0.05) is 31.4 Å². The number of hydrogen-bond donors (Lipinski definition) is 1. The molecule has 5 atom stereocenters. The van der Waals surface area contributed by atoms with Crippen molar-refractivity contribution in [2.45, 2.75) is 69.9 Å². The molecule has 29 heavy (non-hydrogen) atoms. The Morgan fingerprint density at radius 3 is 2.59 bits per heavy atom. The molecule has 1 saturated heterocycles. The van der Waals surface area contributed by atoms with Crippen LogP contribution in [0.5, 0.6) is 0 Å². The van der Waals surface area contributed by atoms with Gasteiger partial charge in [-0.15, -0.1) is 0 Å². The normalized spacial score (nSPS) is 32.5. The SMILES string of the molecule is COCCC(=O)N[C@]1(C)C[C@H](c2ccc(C(F)(F)F)cc2)O[C@@H]2C[C@H](C)CC[C@H]21. The zero-order chi connectivity index (χ0) is 21.2. The van der Waals surface area contributed by atoms with Crippen molar-refractivity contribution in [3.8, 4) is 0 Å². The van der Waals surface area contributed by atoms with Crippen molar-refractivity contribution in [2.75, 3.05) is 13.7 Å². The van der Waals surface area contributed by atoms with Crippen LogP contribution in [0.4, 0.5) is 13.2 Å². The molecule has 7 heteroatoms. The Bertz CT molecular complexity index is 706. The minimum absolute atomic E-state index is 0.0208. The summed E-state index contributed by atoms with van der Waals surface area (Å²) in [4.78, 5) is 12.5. The zero-order valence-electron chi connectivity index (χ0n) is 17.2. The van der Waals surface area contributed by atoms with Gasteiger partial charge in [0.15, 0.2) is 0 Å². The second-order valence-electron chi connectivity index (χ2n) is 8.72. The standard InChI is InChI=1S/C22H30F3NO3/c1-14-4-9-17-18(12-14)29-19(13-21(17,2)26-20(27)10-11-28-3)15-5-7-16(8-6-15)22(23,24)25/h5-8,14,17-19H,4,9-13H2,1-3H3,(H,26,27)/t14-,17-,18-,19-,21-/m1/s1. The van der Waals surface area contributed by atoms with E-state index in [2.05, 4.69) is 12.2 Å².